The Morgan fingerprint density at radius 3 is 2.79 bits per heavy atom. The molecule has 0 amide bonds. The molecule has 1 atom stereocenters. The maximum absolute atomic E-state index is 10.7. The topological polar surface area (TPSA) is 62.5 Å². The van der Waals surface area contributed by atoms with Gasteiger partial charge in [-0.3, -0.25) is 10.1 Å². The Labute approximate surface area is 82.9 Å². The first-order valence-corrected chi connectivity index (χ1v) is 4.65. The van der Waals surface area contributed by atoms with E-state index in [0.717, 1.165) is 11.5 Å². The molecule has 4 nitrogen and oxygen atoms in total. The van der Waals surface area contributed by atoms with Crippen molar-refractivity contribution in [2.75, 3.05) is 0 Å². The number of carboxylic acids is 1. The number of aryl methyl sites for hydroxylation is 1. The summed E-state index contributed by atoms with van der Waals surface area (Å²) in [7, 11) is 0. The largest absolute Gasteiger partial charge is 0.480 e. The molecule has 0 aliphatic rings. The van der Waals surface area contributed by atoms with Gasteiger partial charge in [0.25, 0.3) is 0 Å². The number of aliphatic carboxylic acids is 1. The molecule has 1 unspecified atom stereocenters. The number of furan rings is 1. The van der Waals surface area contributed by atoms with Gasteiger partial charge in [0.05, 0.1) is 6.54 Å². The van der Waals surface area contributed by atoms with Gasteiger partial charge in [0, 0.05) is 0 Å². The highest BCUT2D eigenvalue weighted by atomic mass is 16.4. The first-order valence-electron chi connectivity index (χ1n) is 4.65. The Morgan fingerprint density at radius 2 is 2.36 bits per heavy atom. The Bertz CT molecular complexity index is 306. The number of rotatable bonds is 5. The average Bonchev–Trinajstić information content (AvgIpc) is 2.52. The second-order valence-corrected chi connectivity index (χ2v) is 3.19. The molecule has 1 aromatic rings. The zero-order chi connectivity index (χ0) is 10.6. The van der Waals surface area contributed by atoms with E-state index in [2.05, 4.69) is 5.32 Å². The standard InChI is InChI=1S/C10H15NO3/c1-3-9(10(12)13)11-6-8-5-4-7(2)14-8/h4-5,9,11H,3,6H2,1-2H3,(H,12,13). The lowest BCUT2D eigenvalue weighted by molar-refractivity contribution is -0.139. The minimum absolute atomic E-state index is 0.457. The van der Waals surface area contributed by atoms with E-state index in [4.69, 9.17) is 9.52 Å². The predicted octanol–water partition coefficient (Wildman–Crippen LogP) is 1.54. The van der Waals surface area contributed by atoms with E-state index in [1.165, 1.54) is 0 Å². The molecule has 0 radical (unpaired) electrons. The van der Waals surface area contributed by atoms with Crippen LogP contribution in [-0.4, -0.2) is 17.1 Å². The molecule has 0 saturated carbocycles. The molecular weight excluding hydrogens is 182 g/mol. The van der Waals surface area contributed by atoms with Crippen LogP contribution in [0.1, 0.15) is 24.9 Å². The number of hydrogen-bond donors (Lipinski definition) is 2. The molecule has 2 N–H and O–H groups in total. The van der Waals surface area contributed by atoms with Crippen molar-refractivity contribution in [3.05, 3.63) is 23.7 Å². The second-order valence-electron chi connectivity index (χ2n) is 3.19. The molecule has 14 heavy (non-hydrogen) atoms. The highest BCUT2D eigenvalue weighted by Crippen LogP contribution is 2.06. The monoisotopic (exact) mass is 197 g/mol. The lowest BCUT2D eigenvalue weighted by atomic mass is 10.2. The van der Waals surface area contributed by atoms with Gasteiger partial charge in [0.1, 0.15) is 17.6 Å². The fourth-order valence-electron chi connectivity index (χ4n) is 1.21. The van der Waals surface area contributed by atoms with Crippen molar-refractivity contribution in [3.8, 4) is 0 Å². The third-order valence-corrected chi connectivity index (χ3v) is 2.03. The molecule has 4 heteroatoms. The summed E-state index contributed by atoms with van der Waals surface area (Å²) in [5.74, 6) is 0.781. The van der Waals surface area contributed by atoms with Crippen molar-refractivity contribution in [2.24, 2.45) is 0 Å². The van der Waals surface area contributed by atoms with E-state index in [1.54, 1.807) is 0 Å². The number of nitrogens with one attached hydrogen (secondary N) is 1. The van der Waals surface area contributed by atoms with Crippen molar-refractivity contribution in [2.45, 2.75) is 32.9 Å². The molecule has 0 fully saturated rings. The Kier molecular flexibility index (Phi) is 3.71. The highest BCUT2D eigenvalue weighted by molar-refractivity contribution is 5.73. The normalized spacial score (nSPS) is 12.7. The molecule has 0 aromatic carbocycles. The van der Waals surface area contributed by atoms with E-state index in [-0.39, 0.29) is 0 Å². The molecule has 1 rings (SSSR count). The van der Waals surface area contributed by atoms with Crippen LogP contribution in [-0.2, 0) is 11.3 Å². The number of carbonyl (C=O) groups is 1. The van der Waals surface area contributed by atoms with Crippen LogP contribution in [0.4, 0.5) is 0 Å². The predicted molar refractivity (Wildman–Crippen MR) is 52.0 cm³/mol. The summed E-state index contributed by atoms with van der Waals surface area (Å²) in [6.45, 7) is 4.15. The van der Waals surface area contributed by atoms with Gasteiger partial charge in [-0.25, -0.2) is 0 Å². The summed E-state index contributed by atoms with van der Waals surface area (Å²) < 4.78 is 5.30. The van der Waals surface area contributed by atoms with Crippen LogP contribution in [0.3, 0.4) is 0 Å². The molecule has 0 aliphatic heterocycles. The van der Waals surface area contributed by atoms with Gasteiger partial charge in [0.2, 0.25) is 0 Å². The Morgan fingerprint density at radius 1 is 1.64 bits per heavy atom. The van der Waals surface area contributed by atoms with Gasteiger partial charge in [0.15, 0.2) is 0 Å². The zero-order valence-electron chi connectivity index (χ0n) is 8.41. The lowest BCUT2D eigenvalue weighted by Gasteiger charge is -2.10. The van der Waals surface area contributed by atoms with Crippen molar-refractivity contribution in [1.82, 2.24) is 5.32 Å². The van der Waals surface area contributed by atoms with Crippen LogP contribution in [0.15, 0.2) is 16.5 Å². The molecule has 1 aromatic heterocycles. The van der Waals surface area contributed by atoms with E-state index in [0.29, 0.717) is 13.0 Å². The first-order chi connectivity index (χ1) is 6.63. The maximum Gasteiger partial charge on any atom is 0.320 e. The third kappa shape index (κ3) is 2.88. The van der Waals surface area contributed by atoms with E-state index in [9.17, 15) is 4.79 Å². The molecule has 0 aliphatic carbocycles. The van der Waals surface area contributed by atoms with Gasteiger partial charge in [-0.15, -0.1) is 0 Å². The van der Waals surface area contributed by atoms with Gasteiger partial charge < -0.3 is 9.52 Å². The quantitative estimate of drug-likeness (QED) is 0.751. The summed E-state index contributed by atoms with van der Waals surface area (Å²) in [5.41, 5.74) is 0. The lowest BCUT2D eigenvalue weighted by Crippen LogP contribution is -2.35. The highest BCUT2D eigenvalue weighted by Gasteiger charge is 2.14. The summed E-state index contributed by atoms with van der Waals surface area (Å²) in [5, 5.41) is 11.7. The van der Waals surface area contributed by atoms with Gasteiger partial charge in [-0.1, -0.05) is 6.92 Å². The Balaban J connectivity index is 2.43. The van der Waals surface area contributed by atoms with Crippen LogP contribution >= 0.6 is 0 Å². The van der Waals surface area contributed by atoms with Gasteiger partial charge in [-0.05, 0) is 25.5 Å². The summed E-state index contributed by atoms with van der Waals surface area (Å²) in [4.78, 5) is 10.7. The minimum Gasteiger partial charge on any atom is -0.480 e. The van der Waals surface area contributed by atoms with E-state index >= 15 is 0 Å². The molecule has 78 valence electrons. The molecule has 0 spiro atoms. The van der Waals surface area contributed by atoms with Crippen LogP contribution in [0.2, 0.25) is 0 Å². The second kappa shape index (κ2) is 4.81. The maximum atomic E-state index is 10.7. The number of hydrogen-bond acceptors (Lipinski definition) is 3. The smallest absolute Gasteiger partial charge is 0.320 e. The summed E-state index contributed by atoms with van der Waals surface area (Å²) in [6.07, 6.45) is 0.565. The summed E-state index contributed by atoms with van der Waals surface area (Å²) >= 11 is 0. The van der Waals surface area contributed by atoms with Crippen molar-refractivity contribution in [1.29, 1.82) is 0 Å². The minimum atomic E-state index is -0.823. The van der Waals surface area contributed by atoms with Crippen LogP contribution in [0, 0.1) is 6.92 Å². The average molecular weight is 197 g/mol. The fourth-order valence-corrected chi connectivity index (χ4v) is 1.21. The molecular formula is C10H15NO3. The van der Waals surface area contributed by atoms with Crippen LogP contribution in [0.25, 0.3) is 0 Å². The van der Waals surface area contributed by atoms with Crippen LogP contribution < -0.4 is 5.32 Å². The van der Waals surface area contributed by atoms with Crippen molar-refractivity contribution < 1.29 is 14.3 Å². The molecule has 0 bridgehead atoms. The summed E-state index contributed by atoms with van der Waals surface area (Å²) in [6, 6.07) is 3.20. The first kappa shape index (κ1) is 10.8. The van der Waals surface area contributed by atoms with E-state index in [1.807, 2.05) is 26.0 Å². The number of carboxylic acid groups (broad SMARTS) is 1. The fraction of sp³-hybridized carbons (Fsp3) is 0.500. The zero-order valence-corrected chi connectivity index (χ0v) is 8.41. The third-order valence-electron chi connectivity index (χ3n) is 2.03. The van der Waals surface area contributed by atoms with Crippen molar-refractivity contribution in [3.63, 3.8) is 0 Å². The van der Waals surface area contributed by atoms with Crippen LogP contribution in [0.5, 0.6) is 0 Å². The Hall–Kier alpha value is -1.29. The van der Waals surface area contributed by atoms with E-state index < -0.39 is 12.0 Å². The van der Waals surface area contributed by atoms with Gasteiger partial charge >= 0.3 is 5.97 Å². The SMILES string of the molecule is CCC(NCc1ccc(C)o1)C(=O)O. The molecule has 1 heterocycles. The molecule has 0 saturated heterocycles. The van der Waals surface area contributed by atoms with Gasteiger partial charge in [-0.2, -0.15) is 0 Å². The van der Waals surface area contributed by atoms with Crippen molar-refractivity contribution >= 4 is 5.97 Å².